The maximum Gasteiger partial charge on any atom is 0.364 e. The molecule has 2 fully saturated rings. The number of ketones is 1. The van der Waals surface area contributed by atoms with Crippen LogP contribution in [0.2, 0.25) is 0 Å². The number of carboxylic acids is 1. The summed E-state index contributed by atoms with van der Waals surface area (Å²) in [4.78, 5) is 99.8. The van der Waals surface area contributed by atoms with Crippen LogP contribution in [-0.4, -0.2) is 344 Å². The number of rotatable bonds is 68. The van der Waals surface area contributed by atoms with Crippen LogP contribution >= 0.6 is 23.5 Å². The van der Waals surface area contributed by atoms with Gasteiger partial charge in [-0.3, -0.25) is 33.6 Å². The van der Waals surface area contributed by atoms with E-state index in [-0.39, 0.29) is 31.3 Å². The van der Waals surface area contributed by atoms with Crippen molar-refractivity contribution in [1.29, 1.82) is 0 Å². The molecule has 0 bridgehead atoms. The Kier molecular flexibility index (Phi) is 51.4. The summed E-state index contributed by atoms with van der Waals surface area (Å²) in [5, 5.41) is 90.0. The molecule has 0 saturated carbocycles. The molecule has 12 atom stereocenters. The van der Waals surface area contributed by atoms with Gasteiger partial charge in [0.05, 0.1) is 175 Å². The fourth-order valence-corrected chi connectivity index (χ4v) is 14.2. The molecule has 0 aromatic heterocycles. The molecule has 12 N–H and O–H groups in total. The summed E-state index contributed by atoms with van der Waals surface area (Å²) in [5.41, 5.74) is 4.36. The smallest absolute Gasteiger partial charge is 0.364 e. The highest BCUT2D eigenvalue weighted by Gasteiger charge is 2.56. The quantitative estimate of drug-likeness (QED) is 0.0223. The summed E-state index contributed by atoms with van der Waals surface area (Å²) >= 11 is 3.15. The van der Waals surface area contributed by atoms with Gasteiger partial charge < -0.3 is 129 Å². The molecule has 4 aromatic carbocycles. The van der Waals surface area contributed by atoms with Crippen molar-refractivity contribution in [2.45, 2.75) is 151 Å². The molecule has 2 aliphatic heterocycles. The number of hydrogen-bond acceptors (Lipinski definition) is 30. The number of thioether (sulfide) groups is 2. The van der Waals surface area contributed by atoms with Gasteiger partial charge in [-0.2, -0.15) is 23.5 Å². The molecule has 676 valence electrons. The van der Waals surface area contributed by atoms with Crippen LogP contribution < -0.4 is 26.6 Å². The highest BCUT2D eigenvalue weighted by atomic mass is 32.2. The predicted octanol–water partition coefficient (Wildman–Crippen LogP) is 3.08. The lowest BCUT2D eigenvalue weighted by Crippen LogP contribution is -2.68. The van der Waals surface area contributed by atoms with Crippen molar-refractivity contribution in [3.05, 3.63) is 120 Å². The van der Waals surface area contributed by atoms with Crippen LogP contribution in [0.15, 0.2) is 109 Å². The molecule has 34 nitrogen and oxygen atoms in total. The van der Waals surface area contributed by atoms with Crippen LogP contribution in [0, 0.1) is 0 Å². The van der Waals surface area contributed by atoms with E-state index in [4.69, 9.17) is 66.3 Å². The topological polar surface area (TPSA) is 468 Å². The number of nitrogens with one attached hydrogen (secondary N) is 5. The maximum atomic E-state index is 13.0. The lowest BCUT2D eigenvalue weighted by Gasteiger charge is -2.46. The van der Waals surface area contributed by atoms with Crippen molar-refractivity contribution in [2.24, 2.45) is 0 Å². The molecule has 6 rings (SSSR count). The summed E-state index contributed by atoms with van der Waals surface area (Å²) in [6.45, 7) is 9.65. The van der Waals surface area contributed by atoms with Gasteiger partial charge in [-0.25, -0.2) is 4.79 Å². The van der Waals surface area contributed by atoms with Crippen molar-refractivity contribution in [1.82, 2.24) is 26.6 Å². The summed E-state index contributed by atoms with van der Waals surface area (Å²) in [6.07, 6.45) is -9.73. The minimum atomic E-state index is -2.42. The van der Waals surface area contributed by atoms with Gasteiger partial charge >= 0.3 is 5.97 Å². The molecule has 0 aliphatic carbocycles. The second-order valence-corrected chi connectivity index (χ2v) is 31.0. The first kappa shape index (κ1) is 103. The van der Waals surface area contributed by atoms with Gasteiger partial charge in [0.1, 0.15) is 30.2 Å². The van der Waals surface area contributed by atoms with Crippen LogP contribution in [0.3, 0.4) is 0 Å². The Morgan fingerprint density at radius 1 is 0.430 bits per heavy atom. The highest BCUT2D eigenvalue weighted by molar-refractivity contribution is 7.99. The molecular formula is C85H125N5O29S2. The number of ether oxygens (including phenoxy) is 14. The van der Waals surface area contributed by atoms with E-state index in [0.29, 0.717) is 230 Å². The first-order valence-electron chi connectivity index (χ1n) is 41.2. The number of carbonyl (C=O) groups excluding carboxylic acids is 7. The molecule has 2 heterocycles. The third-order valence-corrected chi connectivity index (χ3v) is 21.1. The van der Waals surface area contributed by atoms with Gasteiger partial charge in [-0.15, -0.1) is 0 Å². The predicted molar refractivity (Wildman–Crippen MR) is 448 cm³/mol. The van der Waals surface area contributed by atoms with Crippen LogP contribution in [0.5, 0.6) is 0 Å². The van der Waals surface area contributed by atoms with Crippen LogP contribution in [0.1, 0.15) is 98.8 Å². The highest BCUT2D eigenvalue weighted by Crippen LogP contribution is 2.35. The number of amides is 5. The zero-order chi connectivity index (χ0) is 87.1. The van der Waals surface area contributed by atoms with E-state index in [1.807, 2.05) is 60.7 Å². The molecule has 0 spiro atoms. The Bertz CT molecular complexity index is 3560. The van der Waals surface area contributed by atoms with Gasteiger partial charge in [-0.05, 0) is 90.1 Å². The molecular weight excluding hydrogens is 1620 g/mol. The molecule has 5 amide bonds. The average molecular weight is 1750 g/mol. The van der Waals surface area contributed by atoms with Crippen LogP contribution in [0.25, 0.3) is 22.3 Å². The van der Waals surface area contributed by atoms with Gasteiger partial charge in [0.15, 0.2) is 6.29 Å². The Labute approximate surface area is 715 Å². The Hall–Kier alpha value is -7.06. The van der Waals surface area contributed by atoms with Gasteiger partial charge in [0, 0.05) is 94.8 Å². The van der Waals surface area contributed by atoms with Crippen molar-refractivity contribution < 1.29 is 140 Å². The molecule has 36 heteroatoms. The molecule has 0 unspecified atom stereocenters. The molecule has 121 heavy (non-hydrogen) atoms. The first-order valence-corrected chi connectivity index (χ1v) is 43.5. The monoisotopic (exact) mass is 1740 g/mol. The summed E-state index contributed by atoms with van der Waals surface area (Å²) in [6, 6.07) is 30.3. The minimum Gasteiger partial charge on any atom is -0.477 e. The van der Waals surface area contributed by atoms with Gasteiger partial charge in [0.2, 0.25) is 23.5 Å². The number of aliphatic carboxylic acids is 1. The lowest BCUT2D eigenvalue weighted by atomic mass is 9.88. The second kappa shape index (κ2) is 60.5. The average Bonchev–Trinajstić information content (AvgIpc) is 0.774. The Morgan fingerprint density at radius 3 is 1.22 bits per heavy atom. The molecule has 4 aromatic rings. The fraction of sp³-hybridized carbons (Fsp3) is 0.624. The van der Waals surface area contributed by atoms with Crippen LogP contribution in [0.4, 0.5) is 0 Å². The standard InChI is InChI=1S/C85H125N5O29S2/c1-61(92)89-75-70(95)56-84(60-91,118-79(75)77(100)72(97)58-87-81(102)67-25-21-65(22-26-67)63-14-5-3-6-15-63)116-31-12-52-120-54-50-114-48-46-112-44-42-110-40-38-108-36-34-106-30-11-19-69(94)18-9-10-20-74(99)86-29-33-107-35-37-109-39-41-111-43-45-113-47-49-115-51-55-121-53-13-32-117-85(83(104)105)57-71(96)76(90-62(2)93)80(119-85)78(101)73(98)59-88-82(103)68-27-23-66(24-28-68)64-16-7-4-8-17-64/h3-8,14-17,21-28,60,70-73,75-80,95-98,100-101H,9-13,18-20,29-59H2,1-2H3,(H,86,99)(H,87,102)(H,88,103)(H,89,92)(H,90,93)(H,104,105)/t70-,71-,72+,73+,75+,76+,77+,78+,79+,80+,84+,85+/m0/s1. The van der Waals surface area contributed by atoms with E-state index >= 15 is 0 Å². The van der Waals surface area contributed by atoms with Crippen molar-refractivity contribution >= 4 is 71.1 Å². The molecule has 2 saturated heterocycles. The first-order chi connectivity index (χ1) is 58.6. The third kappa shape index (κ3) is 40.6. The number of Topliss-reactive ketones (excluding diaryl/α,β-unsaturated/α-hetero) is 1. The number of carbonyl (C=O) groups is 8. The number of aliphatic hydroxyl groups is 6. The molecule has 0 radical (unpaired) electrons. The van der Waals surface area contributed by atoms with Crippen molar-refractivity contribution in [2.75, 3.05) is 188 Å². The van der Waals surface area contributed by atoms with Gasteiger partial charge in [0.25, 0.3) is 17.6 Å². The summed E-state index contributed by atoms with van der Waals surface area (Å²) < 4.78 is 79.2. The summed E-state index contributed by atoms with van der Waals surface area (Å²) in [5.74, 6) is -5.58. The number of hydrogen-bond donors (Lipinski definition) is 12. The van der Waals surface area contributed by atoms with Gasteiger partial charge in [-0.1, -0.05) is 84.9 Å². The van der Waals surface area contributed by atoms with E-state index in [2.05, 4.69) is 26.6 Å². The second-order valence-electron chi connectivity index (χ2n) is 28.5. The zero-order valence-electron chi connectivity index (χ0n) is 69.2. The van der Waals surface area contributed by atoms with E-state index in [0.717, 1.165) is 22.3 Å². The maximum absolute atomic E-state index is 13.0. The summed E-state index contributed by atoms with van der Waals surface area (Å²) in [7, 11) is 0. The zero-order valence-corrected chi connectivity index (χ0v) is 70.9. The number of carboxylic acid groups (broad SMARTS) is 1. The number of aliphatic hydroxyl groups excluding tert-OH is 6. The Morgan fingerprint density at radius 2 is 0.802 bits per heavy atom. The Balaban J connectivity index is 0.631. The minimum absolute atomic E-state index is 0.0629. The van der Waals surface area contributed by atoms with E-state index in [1.54, 1.807) is 72.1 Å². The van der Waals surface area contributed by atoms with E-state index in [1.165, 1.54) is 13.8 Å². The van der Waals surface area contributed by atoms with E-state index in [9.17, 15) is 74.1 Å². The number of aldehydes is 1. The van der Waals surface area contributed by atoms with Crippen LogP contribution in [-0.2, 0) is 95.1 Å². The fourth-order valence-electron chi connectivity index (χ4n) is 12.7. The number of unbranched alkanes of at least 4 members (excludes halogenated alkanes) is 1. The van der Waals surface area contributed by atoms with Crippen molar-refractivity contribution in [3.63, 3.8) is 0 Å². The number of benzene rings is 4. The normalized spacial score (nSPS) is 20.0. The van der Waals surface area contributed by atoms with Crippen molar-refractivity contribution in [3.8, 4) is 22.3 Å². The SMILES string of the molecule is CC(=O)N[C@H]1[C@H]([C@H](O)[C@H](O)CNC(=O)c2ccc(-c3ccccc3)cc2)O[C@](C=O)(OCCCSCCOCCOCCOCCOCCOCCCC(=O)CCCCC(=O)NCCOCCOCCOCCOCCOCCSCCCO[C@]2(C(=O)O)C[C@H](O)[C@@H](NC(C)=O)[C@H]([C@H](O)[C@H](O)CNC(=O)c3ccc(-c4ccccc4)cc3)O2)C[C@@H]1O. The van der Waals surface area contributed by atoms with E-state index < -0.39 is 122 Å². The molecule has 2 aliphatic rings. The lowest BCUT2D eigenvalue weighted by molar-refractivity contribution is -0.310. The third-order valence-electron chi connectivity index (χ3n) is 19.0. The largest absolute Gasteiger partial charge is 0.477 e.